The summed E-state index contributed by atoms with van der Waals surface area (Å²) in [5, 5.41) is 9.32. The molecule has 26 heavy (non-hydrogen) atoms. The van der Waals surface area contributed by atoms with Crippen LogP contribution in [-0.4, -0.2) is 51.8 Å². The number of amides is 1. The number of nitrogens with zero attached hydrogens (tertiary/aromatic N) is 1. The van der Waals surface area contributed by atoms with E-state index >= 15 is 0 Å². The van der Waals surface area contributed by atoms with Crippen molar-refractivity contribution >= 4 is 35.8 Å². The molecule has 0 unspecified atom stereocenters. The van der Waals surface area contributed by atoms with E-state index in [1.54, 1.807) is 14.2 Å². The molecule has 0 heterocycles. The Labute approximate surface area is 172 Å². The maximum atomic E-state index is 11.7. The van der Waals surface area contributed by atoms with Gasteiger partial charge in [-0.2, -0.15) is 0 Å². The van der Waals surface area contributed by atoms with Crippen LogP contribution in [0.25, 0.3) is 0 Å². The van der Waals surface area contributed by atoms with Gasteiger partial charge in [0, 0.05) is 19.1 Å². The summed E-state index contributed by atoms with van der Waals surface area (Å²) in [6, 6.07) is 6.24. The van der Waals surface area contributed by atoms with E-state index in [0.717, 1.165) is 42.9 Å². The first kappa shape index (κ1) is 22.3. The van der Waals surface area contributed by atoms with Crippen LogP contribution in [0, 0.1) is 0 Å². The highest BCUT2D eigenvalue weighted by Crippen LogP contribution is 2.27. The van der Waals surface area contributed by atoms with Gasteiger partial charge in [-0.25, -0.2) is 4.99 Å². The van der Waals surface area contributed by atoms with Crippen LogP contribution in [-0.2, 0) is 11.2 Å². The Morgan fingerprint density at radius 3 is 2.54 bits per heavy atom. The lowest BCUT2D eigenvalue weighted by atomic mass is 10.1. The van der Waals surface area contributed by atoms with Crippen molar-refractivity contribution in [1.82, 2.24) is 16.0 Å². The molecule has 1 fully saturated rings. The number of carbonyl (C=O) groups excluding carboxylic acids is 1. The fourth-order valence-electron chi connectivity index (χ4n) is 2.35. The zero-order chi connectivity index (χ0) is 18.1. The van der Waals surface area contributed by atoms with Crippen LogP contribution in [0.1, 0.15) is 25.3 Å². The molecule has 8 heteroatoms. The molecule has 0 bridgehead atoms. The van der Waals surface area contributed by atoms with Gasteiger partial charge in [0.15, 0.2) is 17.5 Å². The number of guanidine groups is 1. The second kappa shape index (κ2) is 11.8. The maximum absolute atomic E-state index is 11.7. The molecule has 2 rings (SSSR count). The minimum absolute atomic E-state index is 0. The molecule has 0 radical (unpaired) electrons. The van der Waals surface area contributed by atoms with Gasteiger partial charge in [-0.05, 0) is 43.9 Å². The van der Waals surface area contributed by atoms with Gasteiger partial charge in [-0.15, -0.1) is 24.0 Å². The predicted molar refractivity (Wildman–Crippen MR) is 114 cm³/mol. The van der Waals surface area contributed by atoms with Gasteiger partial charge >= 0.3 is 0 Å². The smallest absolute Gasteiger partial charge is 0.242 e. The van der Waals surface area contributed by atoms with Gasteiger partial charge in [0.1, 0.15) is 6.54 Å². The maximum Gasteiger partial charge on any atom is 0.242 e. The summed E-state index contributed by atoms with van der Waals surface area (Å²) in [6.07, 6.45) is 2.97. The van der Waals surface area contributed by atoms with Crippen molar-refractivity contribution in [2.75, 3.05) is 33.9 Å². The topological polar surface area (TPSA) is 84.0 Å². The number of rotatable bonds is 9. The number of methoxy groups -OCH3 is 2. The van der Waals surface area contributed by atoms with Crippen LogP contribution in [0.15, 0.2) is 23.2 Å². The third kappa shape index (κ3) is 7.67. The first-order valence-electron chi connectivity index (χ1n) is 8.68. The molecule has 0 saturated heterocycles. The normalized spacial score (nSPS) is 13.4. The Morgan fingerprint density at radius 1 is 1.19 bits per heavy atom. The summed E-state index contributed by atoms with van der Waals surface area (Å²) in [7, 11) is 3.25. The molecular formula is C18H29IN4O3. The van der Waals surface area contributed by atoms with Crippen molar-refractivity contribution in [3.05, 3.63) is 23.8 Å². The third-order valence-corrected chi connectivity index (χ3v) is 3.82. The van der Waals surface area contributed by atoms with E-state index in [1.807, 2.05) is 25.1 Å². The SMILES string of the molecule is CCNC(=NCC(=O)NC1CC1)NCCc1ccc(OC)c(OC)c1.I. The molecule has 7 nitrogen and oxygen atoms in total. The van der Waals surface area contributed by atoms with Crippen molar-refractivity contribution in [2.45, 2.75) is 32.2 Å². The highest BCUT2D eigenvalue weighted by atomic mass is 127. The number of nitrogens with one attached hydrogen (secondary N) is 3. The minimum atomic E-state index is -0.0282. The molecular weight excluding hydrogens is 447 g/mol. The Hall–Kier alpha value is -1.71. The Bertz CT molecular complexity index is 606. The number of aliphatic imine (C=N–C) groups is 1. The fourth-order valence-corrected chi connectivity index (χ4v) is 2.35. The average molecular weight is 476 g/mol. The molecule has 1 aliphatic carbocycles. The largest absolute Gasteiger partial charge is 0.493 e. The van der Waals surface area contributed by atoms with Gasteiger partial charge in [0.2, 0.25) is 5.91 Å². The molecule has 0 atom stereocenters. The van der Waals surface area contributed by atoms with Crippen LogP contribution in [0.3, 0.4) is 0 Å². The highest BCUT2D eigenvalue weighted by molar-refractivity contribution is 14.0. The first-order chi connectivity index (χ1) is 12.2. The predicted octanol–water partition coefficient (Wildman–Crippen LogP) is 1.70. The van der Waals surface area contributed by atoms with Gasteiger partial charge in [-0.3, -0.25) is 4.79 Å². The first-order valence-corrected chi connectivity index (χ1v) is 8.68. The van der Waals surface area contributed by atoms with Crippen LogP contribution in [0.2, 0.25) is 0 Å². The number of ether oxygens (including phenoxy) is 2. The summed E-state index contributed by atoms with van der Waals surface area (Å²) >= 11 is 0. The number of benzene rings is 1. The Kier molecular flexibility index (Phi) is 10.2. The molecule has 1 amide bonds. The summed E-state index contributed by atoms with van der Waals surface area (Å²) in [4.78, 5) is 16.1. The number of hydrogen-bond acceptors (Lipinski definition) is 4. The van der Waals surface area contributed by atoms with Crippen molar-refractivity contribution < 1.29 is 14.3 Å². The minimum Gasteiger partial charge on any atom is -0.493 e. The summed E-state index contributed by atoms with van der Waals surface area (Å²) in [5.74, 6) is 2.06. The number of hydrogen-bond donors (Lipinski definition) is 3. The molecule has 1 saturated carbocycles. The molecule has 0 spiro atoms. The van der Waals surface area contributed by atoms with Crippen LogP contribution in [0.5, 0.6) is 11.5 Å². The third-order valence-electron chi connectivity index (χ3n) is 3.82. The summed E-state index contributed by atoms with van der Waals surface area (Å²) in [5.41, 5.74) is 1.13. The molecule has 146 valence electrons. The van der Waals surface area contributed by atoms with Crippen molar-refractivity contribution in [2.24, 2.45) is 4.99 Å². The van der Waals surface area contributed by atoms with E-state index in [0.29, 0.717) is 18.5 Å². The second-order valence-electron chi connectivity index (χ2n) is 5.90. The van der Waals surface area contributed by atoms with Gasteiger partial charge < -0.3 is 25.4 Å². The fraction of sp³-hybridized carbons (Fsp3) is 0.556. The zero-order valence-corrected chi connectivity index (χ0v) is 18.0. The van der Waals surface area contributed by atoms with Crippen molar-refractivity contribution in [3.8, 4) is 11.5 Å². The highest BCUT2D eigenvalue weighted by Gasteiger charge is 2.22. The number of carbonyl (C=O) groups is 1. The monoisotopic (exact) mass is 476 g/mol. The van der Waals surface area contributed by atoms with Gasteiger partial charge in [0.25, 0.3) is 0 Å². The second-order valence-corrected chi connectivity index (χ2v) is 5.90. The van der Waals surface area contributed by atoms with Crippen molar-refractivity contribution in [1.29, 1.82) is 0 Å². The van der Waals surface area contributed by atoms with E-state index in [4.69, 9.17) is 9.47 Å². The Balaban J connectivity index is 0.00000338. The van der Waals surface area contributed by atoms with Crippen LogP contribution >= 0.6 is 24.0 Å². The van der Waals surface area contributed by atoms with Gasteiger partial charge in [0.05, 0.1) is 14.2 Å². The van der Waals surface area contributed by atoms with Crippen LogP contribution in [0.4, 0.5) is 0 Å². The molecule has 1 aromatic rings. The number of halogens is 1. The quantitative estimate of drug-likeness (QED) is 0.287. The summed E-state index contributed by atoms with van der Waals surface area (Å²) < 4.78 is 10.6. The average Bonchev–Trinajstić information content (AvgIpc) is 3.43. The van der Waals surface area contributed by atoms with Gasteiger partial charge in [-0.1, -0.05) is 6.07 Å². The molecule has 1 aromatic carbocycles. The van der Waals surface area contributed by atoms with E-state index < -0.39 is 0 Å². The Morgan fingerprint density at radius 2 is 1.92 bits per heavy atom. The lowest BCUT2D eigenvalue weighted by Crippen LogP contribution is -2.39. The van der Waals surface area contributed by atoms with E-state index in [9.17, 15) is 4.79 Å². The van der Waals surface area contributed by atoms with E-state index in [2.05, 4.69) is 20.9 Å². The molecule has 1 aliphatic rings. The lowest BCUT2D eigenvalue weighted by molar-refractivity contribution is -0.119. The standard InChI is InChI=1S/C18H28N4O3.HI/c1-4-19-18(21-12-17(23)22-14-6-7-14)20-10-9-13-5-8-15(24-2)16(11-13)25-3;/h5,8,11,14H,4,6-7,9-10,12H2,1-3H3,(H,22,23)(H2,19,20,21);1H. The zero-order valence-electron chi connectivity index (χ0n) is 15.6. The van der Waals surface area contributed by atoms with Crippen LogP contribution < -0.4 is 25.4 Å². The molecule has 3 N–H and O–H groups in total. The van der Waals surface area contributed by atoms with E-state index in [-0.39, 0.29) is 36.4 Å². The lowest BCUT2D eigenvalue weighted by Gasteiger charge is -2.12. The van der Waals surface area contributed by atoms with Crippen molar-refractivity contribution in [3.63, 3.8) is 0 Å². The summed E-state index contributed by atoms with van der Waals surface area (Å²) in [6.45, 7) is 3.58. The van der Waals surface area contributed by atoms with E-state index in [1.165, 1.54) is 0 Å². The molecule has 0 aliphatic heterocycles. The molecule has 0 aromatic heterocycles.